The summed E-state index contributed by atoms with van der Waals surface area (Å²) in [6.45, 7) is 3.40. The highest BCUT2D eigenvalue weighted by Gasteiger charge is 2.40. The number of rotatable bonds is 4. The second-order valence-electron chi connectivity index (χ2n) is 8.04. The highest BCUT2D eigenvalue weighted by molar-refractivity contribution is 7.21. The molecular weight excluding hydrogens is 439 g/mol. The summed E-state index contributed by atoms with van der Waals surface area (Å²) in [6, 6.07) is 6.24. The predicted molar refractivity (Wildman–Crippen MR) is 119 cm³/mol. The Morgan fingerprint density at radius 1 is 1.25 bits per heavy atom. The number of hydrogen-bond acceptors (Lipinski definition) is 5. The summed E-state index contributed by atoms with van der Waals surface area (Å²) in [7, 11) is 0. The summed E-state index contributed by atoms with van der Waals surface area (Å²) in [5.41, 5.74) is 6.71. The van der Waals surface area contributed by atoms with E-state index in [9.17, 15) is 22.8 Å². The number of nitrogen functional groups attached to an aromatic ring is 1. The van der Waals surface area contributed by atoms with Crippen LogP contribution >= 0.6 is 11.3 Å². The van der Waals surface area contributed by atoms with Crippen LogP contribution in [0.15, 0.2) is 24.3 Å². The third kappa shape index (κ3) is 3.97. The Hall–Kier alpha value is -2.94. The first-order valence-corrected chi connectivity index (χ1v) is 11.1. The number of amides is 1. The molecule has 0 saturated carbocycles. The molecule has 2 heterocycles. The van der Waals surface area contributed by atoms with Crippen molar-refractivity contribution in [3.8, 4) is 0 Å². The van der Waals surface area contributed by atoms with Gasteiger partial charge in [-0.1, -0.05) is 13.3 Å². The van der Waals surface area contributed by atoms with Crippen LogP contribution in [-0.2, 0) is 19.0 Å². The number of fused-ring (bicyclic) bond motifs is 2. The lowest BCUT2D eigenvalue weighted by atomic mass is 9.82. The molecule has 5 nitrogen and oxygen atoms in total. The maximum absolute atomic E-state index is 14.2. The molecule has 3 aromatic rings. The van der Waals surface area contributed by atoms with Crippen LogP contribution < -0.4 is 11.1 Å². The van der Waals surface area contributed by atoms with Crippen LogP contribution in [0, 0.1) is 5.92 Å². The number of nitrogens with two attached hydrogens (primary N) is 1. The number of thiophene rings is 1. The molecule has 1 aromatic carbocycles. The number of hydrogen-bond donors (Lipinski definition) is 2. The molecule has 1 unspecified atom stereocenters. The molecule has 4 rings (SSSR count). The van der Waals surface area contributed by atoms with E-state index in [0.717, 1.165) is 24.2 Å². The largest absolute Gasteiger partial charge is 0.417 e. The fourth-order valence-electron chi connectivity index (χ4n) is 4.20. The van der Waals surface area contributed by atoms with Crippen molar-refractivity contribution in [1.82, 2.24) is 4.98 Å². The SMILES string of the molecule is CCC1CCc2nc3sc(C(=O)Nc4ccc(C(C)=O)cc4)c(N)c3c(C(F)(F)F)c2C1. The van der Waals surface area contributed by atoms with Crippen LogP contribution in [0.5, 0.6) is 0 Å². The fraction of sp³-hybridized carbons (Fsp3) is 0.348. The zero-order valence-electron chi connectivity index (χ0n) is 17.6. The summed E-state index contributed by atoms with van der Waals surface area (Å²) in [4.78, 5) is 28.8. The first kappa shape index (κ1) is 22.3. The van der Waals surface area contributed by atoms with Gasteiger partial charge in [-0.15, -0.1) is 11.3 Å². The summed E-state index contributed by atoms with van der Waals surface area (Å²) >= 11 is 0.867. The molecule has 0 aliphatic heterocycles. The second kappa shape index (κ2) is 8.20. The summed E-state index contributed by atoms with van der Waals surface area (Å²) < 4.78 is 42.5. The average molecular weight is 462 g/mol. The first-order valence-electron chi connectivity index (χ1n) is 10.3. The molecule has 9 heteroatoms. The van der Waals surface area contributed by atoms with Crippen molar-refractivity contribution in [3.63, 3.8) is 0 Å². The fourth-order valence-corrected chi connectivity index (χ4v) is 5.22. The van der Waals surface area contributed by atoms with Crippen molar-refractivity contribution < 1.29 is 22.8 Å². The van der Waals surface area contributed by atoms with Gasteiger partial charge in [0.15, 0.2) is 5.78 Å². The molecule has 1 aliphatic rings. The zero-order chi connectivity index (χ0) is 23.2. The van der Waals surface area contributed by atoms with E-state index in [-0.39, 0.29) is 38.0 Å². The van der Waals surface area contributed by atoms with Gasteiger partial charge >= 0.3 is 6.18 Å². The van der Waals surface area contributed by atoms with Crippen molar-refractivity contribution in [2.45, 2.75) is 45.7 Å². The number of aryl methyl sites for hydroxylation is 1. The number of nitrogens with zero attached hydrogens (tertiary/aromatic N) is 1. The maximum Gasteiger partial charge on any atom is 0.417 e. The molecule has 1 amide bonds. The topological polar surface area (TPSA) is 85.1 Å². The molecule has 0 saturated heterocycles. The highest BCUT2D eigenvalue weighted by atomic mass is 32.1. The quantitative estimate of drug-likeness (QED) is 0.476. The monoisotopic (exact) mass is 461 g/mol. The van der Waals surface area contributed by atoms with Gasteiger partial charge < -0.3 is 11.1 Å². The van der Waals surface area contributed by atoms with E-state index >= 15 is 0 Å². The van der Waals surface area contributed by atoms with Gasteiger partial charge in [0.25, 0.3) is 5.91 Å². The molecule has 168 valence electrons. The standard InChI is InChI=1S/C23H22F3N3O2S/c1-3-12-4-9-16-15(10-12)18(23(24,25)26)17-19(27)20(32-22(17)29-16)21(31)28-14-7-5-13(6-8-14)11(2)30/h5-8,12H,3-4,9-10,27H2,1-2H3,(H,28,31). The molecule has 32 heavy (non-hydrogen) atoms. The summed E-state index contributed by atoms with van der Waals surface area (Å²) in [6.07, 6.45) is -2.22. The molecule has 2 aromatic heterocycles. The number of ketones is 1. The molecule has 0 fully saturated rings. The lowest BCUT2D eigenvalue weighted by molar-refractivity contribution is -0.137. The number of nitrogens with one attached hydrogen (secondary N) is 1. The van der Waals surface area contributed by atoms with Gasteiger partial charge in [0.2, 0.25) is 0 Å². The predicted octanol–water partition coefficient (Wildman–Crippen LogP) is 5.87. The number of carbonyl (C=O) groups excluding carboxylic acids is 2. The van der Waals surface area contributed by atoms with Gasteiger partial charge in [-0.2, -0.15) is 13.2 Å². The van der Waals surface area contributed by atoms with Crippen molar-refractivity contribution in [2.24, 2.45) is 5.92 Å². The molecule has 1 atom stereocenters. The summed E-state index contributed by atoms with van der Waals surface area (Å²) in [5.74, 6) is -0.557. The summed E-state index contributed by atoms with van der Waals surface area (Å²) in [5, 5.41) is 2.46. The van der Waals surface area contributed by atoms with Crippen LogP contribution in [0.1, 0.15) is 63.5 Å². The van der Waals surface area contributed by atoms with Gasteiger partial charge in [0.05, 0.1) is 11.3 Å². The third-order valence-electron chi connectivity index (χ3n) is 5.96. The van der Waals surface area contributed by atoms with E-state index in [4.69, 9.17) is 5.73 Å². The number of carbonyl (C=O) groups is 2. The minimum absolute atomic E-state index is 0.0111. The minimum atomic E-state index is -4.60. The van der Waals surface area contributed by atoms with Crippen LogP contribution in [0.25, 0.3) is 10.2 Å². The van der Waals surface area contributed by atoms with Gasteiger partial charge in [-0.05, 0) is 61.9 Å². The number of anilines is 2. The minimum Gasteiger partial charge on any atom is -0.397 e. The molecule has 0 radical (unpaired) electrons. The van der Waals surface area contributed by atoms with Crippen molar-refractivity contribution in [2.75, 3.05) is 11.1 Å². The zero-order valence-corrected chi connectivity index (χ0v) is 18.4. The van der Waals surface area contributed by atoms with Crippen LogP contribution in [0.3, 0.4) is 0 Å². The molecule has 0 bridgehead atoms. The molecule has 0 spiro atoms. The maximum atomic E-state index is 14.2. The first-order chi connectivity index (χ1) is 15.1. The Balaban J connectivity index is 1.78. The van der Waals surface area contributed by atoms with Crippen LogP contribution in [0.4, 0.5) is 24.5 Å². The second-order valence-corrected chi connectivity index (χ2v) is 9.04. The smallest absolute Gasteiger partial charge is 0.397 e. The Morgan fingerprint density at radius 2 is 1.94 bits per heavy atom. The molecular formula is C23H22F3N3O2S. The number of pyridine rings is 1. The lowest BCUT2D eigenvalue weighted by Gasteiger charge is -2.26. The Labute approximate surface area is 186 Å². The molecule has 3 N–H and O–H groups in total. The molecule has 1 aliphatic carbocycles. The van der Waals surface area contributed by atoms with E-state index in [1.807, 2.05) is 6.92 Å². The van der Waals surface area contributed by atoms with Crippen molar-refractivity contribution in [1.29, 1.82) is 0 Å². The Bertz CT molecular complexity index is 1220. The van der Waals surface area contributed by atoms with E-state index in [1.165, 1.54) is 6.92 Å². The van der Waals surface area contributed by atoms with Crippen molar-refractivity contribution >= 4 is 44.6 Å². The number of halogens is 3. The van der Waals surface area contributed by atoms with Crippen molar-refractivity contribution in [3.05, 3.63) is 51.5 Å². The van der Waals surface area contributed by atoms with E-state index in [1.54, 1.807) is 24.3 Å². The lowest BCUT2D eigenvalue weighted by Crippen LogP contribution is -2.21. The van der Waals surface area contributed by atoms with Gasteiger partial charge in [0.1, 0.15) is 9.71 Å². The average Bonchev–Trinajstić information content (AvgIpc) is 3.07. The number of Topliss-reactive ketones (excluding diaryl/α,β-unsaturated/α-hetero) is 1. The highest BCUT2D eigenvalue weighted by Crippen LogP contribution is 2.46. The number of aromatic nitrogens is 1. The van der Waals surface area contributed by atoms with Gasteiger partial charge in [-0.3, -0.25) is 9.59 Å². The van der Waals surface area contributed by atoms with Crippen LogP contribution in [-0.4, -0.2) is 16.7 Å². The number of alkyl halides is 3. The van der Waals surface area contributed by atoms with Gasteiger partial charge in [0, 0.05) is 22.3 Å². The third-order valence-corrected chi connectivity index (χ3v) is 7.06. The normalized spacial score (nSPS) is 16.1. The Kier molecular flexibility index (Phi) is 5.70. The number of benzene rings is 1. The van der Waals surface area contributed by atoms with E-state index in [0.29, 0.717) is 29.8 Å². The van der Waals surface area contributed by atoms with Crippen LogP contribution in [0.2, 0.25) is 0 Å². The van der Waals surface area contributed by atoms with E-state index in [2.05, 4.69) is 10.3 Å². The van der Waals surface area contributed by atoms with E-state index < -0.39 is 17.6 Å². The Morgan fingerprint density at radius 3 is 2.53 bits per heavy atom. The van der Waals surface area contributed by atoms with Gasteiger partial charge in [-0.25, -0.2) is 4.98 Å².